The van der Waals surface area contributed by atoms with Crippen LogP contribution in [0.2, 0.25) is 0 Å². The van der Waals surface area contributed by atoms with Crippen LogP contribution in [0.3, 0.4) is 0 Å². The molecule has 1 heteroatoms. The molecule has 88 valence electrons. The van der Waals surface area contributed by atoms with Crippen molar-refractivity contribution in [1.82, 2.24) is 0 Å². The molecule has 0 nitrogen and oxygen atoms in total. The number of hydrogen-bond donors (Lipinski definition) is 0. The van der Waals surface area contributed by atoms with Crippen LogP contribution >= 0.6 is 0 Å². The second kappa shape index (κ2) is 5.13. The van der Waals surface area contributed by atoms with Gasteiger partial charge in [-0.3, -0.25) is 0 Å². The summed E-state index contributed by atoms with van der Waals surface area (Å²) in [5.74, 6) is -0.0949. The zero-order chi connectivity index (χ0) is 12.3. The quantitative estimate of drug-likeness (QED) is 0.662. The molecule has 0 N–H and O–H groups in total. The predicted molar refractivity (Wildman–Crippen MR) is 71.8 cm³/mol. The summed E-state index contributed by atoms with van der Waals surface area (Å²) in [4.78, 5) is 0. The van der Waals surface area contributed by atoms with Gasteiger partial charge in [0.25, 0.3) is 0 Å². The monoisotopic (exact) mass is 228 g/mol. The first-order valence-corrected chi connectivity index (χ1v) is 6.01. The molecule has 0 spiro atoms. The highest BCUT2D eigenvalue weighted by Crippen LogP contribution is 2.22. The SMILES string of the molecule is CC=CCCc1ccc2c(F)c(C)ccc2c1. The molecule has 0 saturated heterocycles. The van der Waals surface area contributed by atoms with Gasteiger partial charge in [0.05, 0.1) is 0 Å². The van der Waals surface area contributed by atoms with Gasteiger partial charge in [-0.2, -0.15) is 0 Å². The third-order valence-corrected chi connectivity index (χ3v) is 3.05. The van der Waals surface area contributed by atoms with Crippen LogP contribution in [0.1, 0.15) is 24.5 Å². The van der Waals surface area contributed by atoms with Crippen molar-refractivity contribution in [2.24, 2.45) is 0 Å². The van der Waals surface area contributed by atoms with Crippen molar-refractivity contribution in [3.8, 4) is 0 Å². The summed E-state index contributed by atoms with van der Waals surface area (Å²) in [6.07, 6.45) is 6.26. The Morgan fingerprint density at radius 1 is 1.18 bits per heavy atom. The smallest absolute Gasteiger partial charge is 0.133 e. The summed E-state index contributed by atoms with van der Waals surface area (Å²) in [6, 6.07) is 9.83. The van der Waals surface area contributed by atoms with Crippen molar-refractivity contribution >= 4 is 10.8 Å². The molecule has 0 amide bonds. The van der Waals surface area contributed by atoms with E-state index in [1.165, 1.54) is 5.56 Å². The van der Waals surface area contributed by atoms with Gasteiger partial charge in [-0.15, -0.1) is 0 Å². The topological polar surface area (TPSA) is 0 Å². The fourth-order valence-electron chi connectivity index (χ4n) is 2.02. The molecular formula is C16H17F. The molecule has 0 aromatic heterocycles. The predicted octanol–water partition coefficient (Wildman–Crippen LogP) is 4.80. The molecular weight excluding hydrogens is 211 g/mol. The van der Waals surface area contributed by atoms with E-state index in [9.17, 15) is 4.39 Å². The number of allylic oxidation sites excluding steroid dienone is 2. The molecule has 0 heterocycles. The van der Waals surface area contributed by atoms with Gasteiger partial charge in [0.15, 0.2) is 0 Å². The summed E-state index contributed by atoms with van der Waals surface area (Å²) in [5.41, 5.74) is 1.97. The molecule has 0 aliphatic carbocycles. The third kappa shape index (κ3) is 2.55. The average Bonchev–Trinajstić information content (AvgIpc) is 2.34. The molecule has 0 aliphatic rings. The fraction of sp³-hybridized carbons (Fsp3) is 0.250. The molecule has 2 aromatic carbocycles. The van der Waals surface area contributed by atoms with E-state index in [1.54, 1.807) is 6.92 Å². The lowest BCUT2D eigenvalue weighted by Crippen LogP contribution is -1.88. The summed E-state index contributed by atoms with van der Waals surface area (Å²) >= 11 is 0. The first kappa shape index (κ1) is 11.8. The van der Waals surface area contributed by atoms with E-state index in [2.05, 4.69) is 18.2 Å². The van der Waals surface area contributed by atoms with Crippen molar-refractivity contribution in [2.75, 3.05) is 0 Å². The van der Waals surface area contributed by atoms with E-state index in [-0.39, 0.29) is 5.82 Å². The van der Waals surface area contributed by atoms with Crippen LogP contribution in [-0.2, 0) is 6.42 Å². The minimum absolute atomic E-state index is 0.0949. The van der Waals surface area contributed by atoms with Crippen molar-refractivity contribution in [3.63, 3.8) is 0 Å². The molecule has 0 unspecified atom stereocenters. The molecule has 2 aromatic rings. The van der Waals surface area contributed by atoms with E-state index in [1.807, 2.05) is 31.2 Å². The molecule has 17 heavy (non-hydrogen) atoms. The maximum Gasteiger partial charge on any atom is 0.133 e. The largest absolute Gasteiger partial charge is 0.206 e. The maximum atomic E-state index is 13.8. The molecule has 0 saturated carbocycles. The lowest BCUT2D eigenvalue weighted by Gasteiger charge is -2.05. The molecule has 0 atom stereocenters. The Kier molecular flexibility index (Phi) is 3.58. The summed E-state index contributed by atoms with van der Waals surface area (Å²) in [5, 5.41) is 1.71. The number of aryl methyl sites for hydroxylation is 2. The van der Waals surface area contributed by atoms with Gasteiger partial charge in [0, 0.05) is 5.39 Å². The highest BCUT2D eigenvalue weighted by Gasteiger charge is 2.04. The van der Waals surface area contributed by atoms with Gasteiger partial charge in [0.2, 0.25) is 0 Å². The molecule has 0 fully saturated rings. The Balaban J connectivity index is 2.35. The Morgan fingerprint density at radius 3 is 2.76 bits per heavy atom. The minimum Gasteiger partial charge on any atom is -0.206 e. The van der Waals surface area contributed by atoms with E-state index < -0.39 is 0 Å². The van der Waals surface area contributed by atoms with E-state index in [4.69, 9.17) is 0 Å². The third-order valence-electron chi connectivity index (χ3n) is 3.05. The minimum atomic E-state index is -0.0949. The number of halogens is 1. The second-order valence-electron chi connectivity index (χ2n) is 4.36. The molecule has 0 radical (unpaired) electrons. The van der Waals surface area contributed by atoms with Gasteiger partial charge in [-0.05, 0) is 43.2 Å². The lowest BCUT2D eigenvalue weighted by atomic mass is 10.0. The fourth-order valence-corrected chi connectivity index (χ4v) is 2.02. The number of hydrogen-bond acceptors (Lipinski definition) is 0. The van der Waals surface area contributed by atoms with E-state index >= 15 is 0 Å². The van der Waals surface area contributed by atoms with Gasteiger partial charge in [-0.25, -0.2) is 4.39 Å². The van der Waals surface area contributed by atoms with Gasteiger partial charge >= 0.3 is 0 Å². The van der Waals surface area contributed by atoms with Gasteiger partial charge in [0.1, 0.15) is 5.82 Å². The summed E-state index contributed by atoms with van der Waals surface area (Å²) in [7, 11) is 0. The highest BCUT2D eigenvalue weighted by molar-refractivity contribution is 5.84. The Morgan fingerprint density at radius 2 is 2.00 bits per heavy atom. The number of rotatable bonds is 3. The highest BCUT2D eigenvalue weighted by atomic mass is 19.1. The lowest BCUT2D eigenvalue weighted by molar-refractivity contribution is 0.630. The van der Waals surface area contributed by atoms with Crippen LogP contribution < -0.4 is 0 Å². The van der Waals surface area contributed by atoms with Crippen LogP contribution in [0.4, 0.5) is 4.39 Å². The van der Waals surface area contributed by atoms with Crippen LogP contribution in [0.15, 0.2) is 42.5 Å². The zero-order valence-corrected chi connectivity index (χ0v) is 10.3. The average molecular weight is 228 g/mol. The molecule has 2 rings (SSSR count). The first-order chi connectivity index (χ1) is 8.22. The Bertz CT molecular complexity index is 553. The number of fused-ring (bicyclic) bond motifs is 1. The second-order valence-corrected chi connectivity index (χ2v) is 4.36. The zero-order valence-electron chi connectivity index (χ0n) is 10.3. The first-order valence-electron chi connectivity index (χ1n) is 6.01. The molecule has 0 bridgehead atoms. The van der Waals surface area contributed by atoms with E-state index in [0.717, 1.165) is 23.6 Å². The standard InChI is InChI=1S/C16H17F/c1-3-4-5-6-13-8-10-15-14(11-13)9-7-12(2)16(15)17/h3-4,7-11H,5-6H2,1-2H3. The Labute approximate surface area is 102 Å². The normalized spacial score (nSPS) is 11.5. The molecule has 0 aliphatic heterocycles. The van der Waals surface area contributed by atoms with Crippen LogP contribution in [-0.4, -0.2) is 0 Å². The summed E-state index contributed by atoms with van der Waals surface area (Å²) < 4.78 is 13.8. The van der Waals surface area contributed by atoms with Gasteiger partial charge in [-0.1, -0.05) is 42.5 Å². The number of benzene rings is 2. The van der Waals surface area contributed by atoms with Crippen molar-refractivity contribution in [3.05, 3.63) is 59.4 Å². The van der Waals surface area contributed by atoms with Crippen molar-refractivity contribution < 1.29 is 4.39 Å². The van der Waals surface area contributed by atoms with Crippen LogP contribution in [0.25, 0.3) is 10.8 Å². The van der Waals surface area contributed by atoms with Crippen LogP contribution in [0, 0.1) is 12.7 Å². The van der Waals surface area contributed by atoms with E-state index in [0.29, 0.717) is 5.56 Å². The van der Waals surface area contributed by atoms with Gasteiger partial charge < -0.3 is 0 Å². The van der Waals surface area contributed by atoms with Crippen LogP contribution in [0.5, 0.6) is 0 Å². The Hall–Kier alpha value is -1.63. The van der Waals surface area contributed by atoms with Crippen molar-refractivity contribution in [2.45, 2.75) is 26.7 Å². The summed E-state index contributed by atoms with van der Waals surface area (Å²) in [6.45, 7) is 3.83. The maximum absolute atomic E-state index is 13.8. The van der Waals surface area contributed by atoms with Crippen molar-refractivity contribution in [1.29, 1.82) is 0 Å².